The maximum Gasteiger partial charge on any atom is 0.123 e. The SMILES string of the molecule is CC(C)(C)CNc1c(C#N)cnc2c(N[C@@H](c3ccc(F)cc3)c3cn(C4(c5cnccn5)CC4)nn3)cc(C#N)cc12. The number of benzene rings is 2. The van der Waals surface area contributed by atoms with Crippen LogP contribution in [0.4, 0.5) is 15.8 Å². The molecule has 2 N–H and O–H groups in total. The van der Waals surface area contributed by atoms with Crippen LogP contribution in [-0.4, -0.2) is 36.5 Å². The first kappa shape index (κ1) is 27.7. The van der Waals surface area contributed by atoms with Crippen LogP contribution in [0, 0.1) is 33.9 Å². The van der Waals surface area contributed by atoms with E-state index < -0.39 is 11.6 Å². The third kappa shape index (κ3) is 5.45. The number of halogens is 1. The van der Waals surface area contributed by atoms with Gasteiger partial charge in [0, 0.05) is 30.5 Å². The fourth-order valence-electron chi connectivity index (χ4n) is 5.12. The second kappa shape index (κ2) is 10.8. The van der Waals surface area contributed by atoms with Crippen molar-refractivity contribution in [3.05, 3.63) is 101 Å². The first-order valence-electron chi connectivity index (χ1n) is 13.9. The molecule has 0 radical (unpaired) electrons. The average Bonchev–Trinajstić information content (AvgIpc) is 3.68. The summed E-state index contributed by atoms with van der Waals surface area (Å²) < 4.78 is 15.8. The minimum Gasteiger partial charge on any atom is -0.383 e. The summed E-state index contributed by atoms with van der Waals surface area (Å²) >= 11 is 0. The number of fused-ring (bicyclic) bond motifs is 1. The Labute approximate surface area is 248 Å². The molecule has 1 aliphatic carbocycles. The first-order chi connectivity index (χ1) is 20.7. The lowest BCUT2D eigenvalue weighted by Gasteiger charge is -2.23. The predicted molar refractivity (Wildman–Crippen MR) is 159 cm³/mol. The standard InChI is InChI=1S/C32H29FN10/c1-31(2,3)19-39-28-22(15-35)16-38-30-24(28)12-20(14-34)13-25(30)40-29(21-4-6-23(33)7-5-21)26-18-43(42-41-26)32(8-9-32)27-17-36-10-11-37-27/h4-7,10-13,16-18,29,40H,8-9,19H2,1-3H3,(H,38,39)/t29-/m0/s1. The third-order valence-corrected chi connectivity index (χ3v) is 7.53. The number of rotatable bonds is 8. The molecule has 2 aromatic carbocycles. The van der Waals surface area contributed by atoms with Crippen LogP contribution >= 0.6 is 0 Å². The highest BCUT2D eigenvalue weighted by Crippen LogP contribution is 2.48. The van der Waals surface area contributed by atoms with Crippen molar-refractivity contribution < 1.29 is 4.39 Å². The van der Waals surface area contributed by atoms with Crippen molar-refractivity contribution in [2.75, 3.05) is 17.2 Å². The van der Waals surface area contributed by atoms with Crippen molar-refractivity contribution in [3.63, 3.8) is 0 Å². The Balaban J connectivity index is 1.45. The Hall–Kier alpha value is -5.42. The molecule has 3 aromatic heterocycles. The molecule has 1 aliphatic rings. The largest absolute Gasteiger partial charge is 0.383 e. The number of hydrogen-bond donors (Lipinski definition) is 2. The molecular formula is C32H29FN10. The fourth-order valence-corrected chi connectivity index (χ4v) is 5.12. The summed E-state index contributed by atoms with van der Waals surface area (Å²) in [6, 6.07) is 13.5. The molecule has 0 saturated heterocycles. The Bertz CT molecular complexity index is 1870. The van der Waals surface area contributed by atoms with Gasteiger partial charge < -0.3 is 10.6 Å². The lowest BCUT2D eigenvalue weighted by Crippen LogP contribution is -2.21. The summed E-state index contributed by atoms with van der Waals surface area (Å²) in [5, 5.41) is 36.4. The van der Waals surface area contributed by atoms with E-state index in [1.54, 1.807) is 42.9 Å². The quantitative estimate of drug-likeness (QED) is 0.240. The summed E-state index contributed by atoms with van der Waals surface area (Å²) in [6.07, 6.45) is 10.2. The maximum absolute atomic E-state index is 14.0. The molecule has 10 nitrogen and oxygen atoms in total. The van der Waals surface area contributed by atoms with E-state index in [0.29, 0.717) is 45.6 Å². The van der Waals surface area contributed by atoms with Crippen LogP contribution in [-0.2, 0) is 5.54 Å². The van der Waals surface area contributed by atoms with Gasteiger partial charge in [-0.15, -0.1) is 5.10 Å². The zero-order chi connectivity index (χ0) is 30.2. The minimum atomic E-state index is -0.562. The summed E-state index contributed by atoms with van der Waals surface area (Å²) in [5.41, 5.74) is 4.22. The molecule has 1 fully saturated rings. The van der Waals surface area contributed by atoms with Crippen molar-refractivity contribution in [2.45, 2.75) is 45.2 Å². The van der Waals surface area contributed by atoms with Gasteiger partial charge >= 0.3 is 0 Å². The molecule has 5 aromatic rings. The summed E-state index contributed by atoms with van der Waals surface area (Å²) in [5.74, 6) is -0.358. The van der Waals surface area contributed by atoms with Crippen LogP contribution in [0.3, 0.4) is 0 Å². The lowest BCUT2D eigenvalue weighted by molar-refractivity contribution is 0.443. The number of nitriles is 2. The second-order valence-electron chi connectivity index (χ2n) is 11.9. The highest BCUT2D eigenvalue weighted by Gasteiger charge is 2.49. The summed E-state index contributed by atoms with van der Waals surface area (Å²) in [4.78, 5) is 13.4. The van der Waals surface area contributed by atoms with Crippen molar-refractivity contribution in [1.29, 1.82) is 10.5 Å². The first-order valence-corrected chi connectivity index (χ1v) is 13.9. The van der Waals surface area contributed by atoms with Gasteiger partial charge in [-0.25, -0.2) is 9.07 Å². The van der Waals surface area contributed by atoms with E-state index in [2.05, 4.69) is 68.8 Å². The molecule has 1 saturated carbocycles. The van der Waals surface area contributed by atoms with E-state index in [0.717, 1.165) is 24.1 Å². The van der Waals surface area contributed by atoms with Crippen molar-refractivity contribution in [1.82, 2.24) is 29.9 Å². The second-order valence-corrected chi connectivity index (χ2v) is 11.9. The molecule has 6 rings (SSSR count). The number of nitrogens with zero attached hydrogens (tertiary/aromatic N) is 8. The van der Waals surface area contributed by atoms with E-state index in [9.17, 15) is 14.9 Å². The Morgan fingerprint density at radius 3 is 2.49 bits per heavy atom. The van der Waals surface area contributed by atoms with Gasteiger partial charge in [0.05, 0.1) is 58.2 Å². The zero-order valence-corrected chi connectivity index (χ0v) is 24.0. The van der Waals surface area contributed by atoms with Crippen molar-refractivity contribution in [3.8, 4) is 12.1 Å². The summed E-state index contributed by atoms with van der Waals surface area (Å²) in [6.45, 7) is 6.90. The van der Waals surface area contributed by atoms with Crippen LogP contribution in [0.1, 0.15) is 67.7 Å². The number of nitrogens with one attached hydrogen (secondary N) is 2. The Morgan fingerprint density at radius 2 is 1.84 bits per heavy atom. The van der Waals surface area contributed by atoms with Gasteiger partial charge in [-0.05, 0) is 48.1 Å². The van der Waals surface area contributed by atoms with Crippen LogP contribution in [0.5, 0.6) is 0 Å². The van der Waals surface area contributed by atoms with Gasteiger partial charge in [0.2, 0.25) is 0 Å². The van der Waals surface area contributed by atoms with E-state index in [1.807, 2.05) is 10.9 Å². The highest BCUT2D eigenvalue weighted by atomic mass is 19.1. The van der Waals surface area contributed by atoms with E-state index in [4.69, 9.17) is 0 Å². The van der Waals surface area contributed by atoms with Crippen LogP contribution < -0.4 is 10.6 Å². The molecule has 1 atom stereocenters. The van der Waals surface area contributed by atoms with Gasteiger partial charge in [0.25, 0.3) is 0 Å². The molecule has 0 bridgehead atoms. The molecule has 43 heavy (non-hydrogen) atoms. The van der Waals surface area contributed by atoms with Crippen molar-refractivity contribution >= 4 is 22.3 Å². The van der Waals surface area contributed by atoms with Crippen molar-refractivity contribution in [2.24, 2.45) is 5.41 Å². The molecule has 11 heteroatoms. The van der Waals surface area contributed by atoms with Crippen LogP contribution in [0.25, 0.3) is 10.9 Å². The molecule has 214 valence electrons. The minimum absolute atomic E-state index is 0.0556. The average molecular weight is 573 g/mol. The third-order valence-electron chi connectivity index (χ3n) is 7.53. The molecule has 0 unspecified atom stereocenters. The number of hydrogen-bond acceptors (Lipinski definition) is 9. The van der Waals surface area contributed by atoms with Crippen LogP contribution in [0.15, 0.2) is 67.4 Å². The smallest absolute Gasteiger partial charge is 0.123 e. The monoisotopic (exact) mass is 572 g/mol. The molecule has 3 heterocycles. The molecule has 0 spiro atoms. The highest BCUT2D eigenvalue weighted by molar-refractivity contribution is 6.01. The van der Waals surface area contributed by atoms with Gasteiger partial charge in [-0.1, -0.05) is 38.1 Å². The molecule has 0 amide bonds. The van der Waals surface area contributed by atoms with E-state index in [1.165, 1.54) is 18.3 Å². The Morgan fingerprint density at radius 1 is 1.05 bits per heavy atom. The number of pyridine rings is 1. The Kier molecular flexibility index (Phi) is 6.95. The van der Waals surface area contributed by atoms with Gasteiger partial charge in [0.15, 0.2) is 0 Å². The fraction of sp³-hybridized carbons (Fsp3) is 0.281. The van der Waals surface area contributed by atoms with E-state index >= 15 is 0 Å². The normalized spacial score (nSPS) is 14.5. The van der Waals surface area contributed by atoms with E-state index in [-0.39, 0.29) is 11.2 Å². The van der Waals surface area contributed by atoms with Gasteiger partial charge in [-0.2, -0.15) is 10.5 Å². The zero-order valence-electron chi connectivity index (χ0n) is 24.0. The maximum atomic E-state index is 14.0. The van der Waals surface area contributed by atoms with Gasteiger partial charge in [0.1, 0.15) is 23.1 Å². The lowest BCUT2D eigenvalue weighted by atomic mass is 9.96. The predicted octanol–water partition coefficient (Wildman–Crippen LogP) is 5.70. The number of aromatic nitrogens is 6. The molecule has 0 aliphatic heterocycles. The van der Waals surface area contributed by atoms with Crippen LogP contribution in [0.2, 0.25) is 0 Å². The molecular weight excluding hydrogens is 543 g/mol. The topological polar surface area (TPSA) is 141 Å². The number of anilines is 2. The van der Waals surface area contributed by atoms with Gasteiger partial charge in [-0.3, -0.25) is 15.0 Å². The summed E-state index contributed by atoms with van der Waals surface area (Å²) in [7, 11) is 0.